The first-order valence-corrected chi connectivity index (χ1v) is 4.87. The molecule has 1 aliphatic rings. The van der Waals surface area contributed by atoms with Crippen molar-refractivity contribution in [3.63, 3.8) is 0 Å². The second-order valence-corrected chi connectivity index (χ2v) is 3.71. The standard InChI is InChI=1S/C12H14O2/c13-11-7-6-10(8-11)12(14)9-4-2-1-3-5-9/h1-7,10-14H,8H2/t10-,11-,12+/m0/s1. The van der Waals surface area contributed by atoms with E-state index in [4.69, 9.17) is 0 Å². The molecular weight excluding hydrogens is 176 g/mol. The summed E-state index contributed by atoms with van der Waals surface area (Å²) < 4.78 is 0. The lowest BCUT2D eigenvalue weighted by Crippen LogP contribution is -2.11. The van der Waals surface area contributed by atoms with Crippen LogP contribution in [0.2, 0.25) is 0 Å². The molecule has 0 saturated heterocycles. The van der Waals surface area contributed by atoms with Crippen LogP contribution in [0.5, 0.6) is 0 Å². The molecule has 1 aliphatic carbocycles. The van der Waals surface area contributed by atoms with E-state index in [-0.39, 0.29) is 5.92 Å². The molecule has 0 heterocycles. The van der Waals surface area contributed by atoms with E-state index >= 15 is 0 Å². The molecule has 0 bridgehead atoms. The first kappa shape index (κ1) is 9.44. The highest BCUT2D eigenvalue weighted by atomic mass is 16.3. The summed E-state index contributed by atoms with van der Waals surface area (Å²) in [4.78, 5) is 0. The Bertz CT molecular complexity index is 318. The zero-order chi connectivity index (χ0) is 9.97. The number of aliphatic hydroxyl groups is 2. The fourth-order valence-electron chi connectivity index (χ4n) is 1.84. The van der Waals surface area contributed by atoms with Gasteiger partial charge in [0.05, 0.1) is 12.2 Å². The van der Waals surface area contributed by atoms with Crippen LogP contribution >= 0.6 is 0 Å². The SMILES string of the molecule is O[C@H](c1ccccc1)[C@H]1C=C[C@H](O)C1. The molecule has 2 N–H and O–H groups in total. The first-order chi connectivity index (χ1) is 6.77. The third-order valence-electron chi connectivity index (χ3n) is 2.64. The maximum Gasteiger partial charge on any atom is 0.0853 e. The molecule has 1 aromatic carbocycles. The van der Waals surface area contributed by atoms with Crippen LogP contribution < -0.4 is 0 Å². The summed E-state index contributed by atoms with van der Waals surface area (Å²) in [5, 5.41) is 19.3. The van der Waals surface area contributed by atoms with Gasteiger partial charge in [-0.25, -0.2) is 0 Å². The molecule has 0 unspecified atom stereocenters. The van der Waals surface area contributed by atoms with E-state index in [1.54, 1.807) is 6.08 Å². The largest absolute Gasteiger partial charge is 0.389 e. The van der Waals surface area contributed by atoms with Crippen LogP contribution in [-0.2, 0) is 0 Å². The Kier molecular flexibility index (Phi) is 2.66. The number of aliphatic hydroxyl groups excluding tert-OH is 2. The Balaban J connectivity index is 2.10. The third-order valence-corrected chi connectivity index (χ3v) is 2.64. The van der Waals surface area contributed by atoms with Crippen molar-refractivity contribution < 1.29 is 10.2 Å². The molecule has 74 valence electrons. The number of benzene rings is 1. The molecule has 0 aliphatic heterocycles. The summed E-state index contributed by atoms with van der Waals surface area (Å²) in [6.07, 6.45) is 3.37. The van der Waals surface area contributed by atoms with Gasteiger partial charge in [0.2, 0.25) is 0 Å². The van der Waals surface area contributed by atoms with E-state index in [0.717, 1.165) is 5.56 Å². The highest BCUT2D eigenvalue weighted by Gasteiger charge is 2.24. The smallest absolute Gasteiger partial charge is 0.0853 e. The van der Waals surface area contributed by atoms with Crippen molar-refractivity contribution in [2.45, 2.75) is 18.6 Å². The van der Waals surface area contributed by atoms with Gasteiger partial charge in [0, 0.05) is 5.92 Å². The van der Waals surface area contributed by atoms with Crippen molar-refractivity contribution in [3.8, 4) is 0 Å². The quantitative estimate of drug-likeness (QED) is 0.696. The number of hydrogen-bond donors (Lipinski definition) is 2. The van der Waals surface area contributed by atoms with Gasteiger partial charge in [-0.05, 0) is 12.0 Å². The fourth-order valence-corrected chi connectivity index (χ4v) is 1.84. The van der Waals surface area contributed by atoms with E-state index in [0.29, 0.717) is 6.42 Å². The summed E-state index contributed by atoms with van der Waals surface area (Å²) >= 11 is 0. The monoisotopic (exact) mass is 190 g/mol. The van der Waals surface area contributed by atoms with Crippen LogP contribution in [0.15, 0.2) is 42.5 Å². The van der Waals surface area contributed by atoms with Crippen LogP contribution in [0, 0.1) is 5.92 Å². The maximum absolute atomic E-state index is 9.98. The second-order valence-electron chi connectivity index (χ2n) is 3.71. The predicted molar refractivity (Wildman–Crippen MR) is 54.7 cm³/mol. The van der Waals surface area contributed by atoms with Crippen molar-refractivity contribution in [2.75, 3.05) is 0 Å². The van der Waals surface area contributed by atoms with Crippen molar-refractivity contribution in [3.05, 3.63) is 48.0 Å². The maximum atomic E-state index is 9.98. The van der Waals surface area contributed by atoms with Crippen LogP contribution in [0.1, 0.15) is 18.1 Å². The number of rotatable bonds is 2. The lowest BCUT2D eigenvalue weighted by atomic mass is 9.95. The van der Waals surface area contributed by atoms with Crippen molar-refractivity contribution in [1.29, 1.82) is 0 Å². The Hall–Kier alpha value is -1.12. The second kappa shape index (κ2) is 3.95. The van der Waals surface area contributed by atoms with Gasteiger partial charge in [-0.3, -0.25) is 0 Å². The van der Waals surface area contributed by atoms with Crippen molar-refractivity contribution in [2.24, 2.45) is 5.92 Å². The molecule has 0 amide bonds. The van der Waals surface area contributed by atoms with Gasteiger partial charge in [0.1, 0.15) is 0 Å². The third kappa shape index (κ3) is 1.86. The summed E-state index contributed by atoms with van der Waals surface area (Å²) in [5.74, 6) is 0.0485. The molecule has 1 aromatic rings. The first-order valence-electron chi connectivity index (χ1n) is 4.87. The van der Waals surface area contributed by atoms with E-state index in [2.05, 4.69) is 0 Å². The number of hydrogen-bond acceptors (Lipinski definition) is 2. The normalized spacial score (nSPS) is 27.9. The van der Waals surface area contributed by atoms with E-state index in [1.165, 1.54) is 0 Å². The van der Waals surface area contributed by atoms with Gasteiger partial charge in [-0.15, -0.1) is 0 Å². The van der Waals surface area contributed by atoms with Crippen molar-refractivity contribution in [1.82, 2.24) is 0 Å². The van der Waals surface area contributed by atoms with Crippen LogP contribution in [0.3, 0.4) is 0 Å². The Labute approximate surface area is 83.5 Å². The lowest BCUT2D eigenvalue weighted by molar-refractivity contribution is 0.108. The zero-order valence-electron chi connectivity index (χ0n) is 7.88. The summed E-state index contributed by atoms with van der Waals surface area (Å²) in [6, 6.07) is 9.56. The van der Waals surface area contributed by atoms with Gasteiger partial charge in [0.25, 0.3) is 0 Å². The molecule has 2 nitrogen and oxygen atoms in total. The highest BCUT2D eigenvalue weighted by molar-refractivity contribution is 5.20. The van der Waals surface area contributed by atoms with Gasteiger partial charge in [0.15, 0.2) is 0 Å². The Morgan fingerprint density at radius 3 is 2.43 bits per heavy atom. The zero-order valence-corrected chi connectivity index (χ0v) is 7.88. The molecular formula is C12H14O2. The molecule has 14 heavy (non-hydrogen) atoms. The topological polar surface area (TPSA) is 40.5 Å². The summed E-state index contributed by atoms with van der Waals surface area (Å²) in [5.41, 5.74) is 0.913. The fraction of sp³-hybridized carbons (Fsp3) is 0.333. The van der Waals surface area contributed by atoms with Crippen molar-refractivity contribution >= 4 is 0 Å². The lowest BCUT2D eigenvalue weighted by Gasteiger charge is -2.17. The van der Waals surface area contributed by atoms with Gasteiger partial charge >= 0.3 is 0 Å². The molecule has 0 saturated carbocycles. The minimum absolute atomic E-state index is 0.0485. The van der Waals surface area contributed by atoms with Crippen LogP contribution in [0.25, 0.3) is 0 Å². The summed E-state index contributed by atoms with van der Waals surface area (Å²) in [7, 11) is 0. The highest BCUT2D eigenvalue weighted by Crippen LogP contribution is 2.30. The van der Waals surface area contributed by atoms with Gasteiger partial charge in [-0.2, -0.15) is 0 Å². The molecule has 3 atom stereocenters. The minimum Gasteiger partial charge on any atom is -0.389 e. The molecule has 0 aromatic heterocycles. The predicted octanol–water partition coefficient (Wildman–Crippen LogP) is 1.66. The van der Waals surface area contributed by atoms with E-state index in [1.807, 2.05) is 36.4 Å². The Morgan fingerprint density at radius 1 is 1.14 bits per heavy atom. The average molecular weight is 190 g/mol. The van der Waals surface area contributed by atoms with Crippen LogP contribution in [-0.4, -0.2) is 16.3 Å². The van der Waals surface area contributed by atoms with Gasteiger partial charge in [-0.1, -0.05) is 42.5 Å². The van der Waals surface area contributed by atoms with E-state index < -0.39 is 12.2 Å². The van der Waals surface area contributed by atoms with Crippen LogP contribution in [0.4, 0.5) is 0 Å². The minimum atomic E-state index is -0.496. The molecule has 0 fully saturated rings. The molecule has 2 rings (SSSR count). The van der Waals surface area contributed by atoms with E-state index in [9.17, 15) is 10.2 Å². The molecule has 0 spiro atoms. The molecule has 2 heteroatoms. The molecule has 0 radical (unpaired) electrons. The van der Waals surface area contributed by atoms with Gasteiger partial charge < -0.3 is 10.2 Å². The average Bonchev–Trinajstić information content (AvgIpc) is 2.65. The summed E-state index contributed by atoms with van der Waals surface area (Å²) in [6.45, 7) is 0. The Morgan fingerprint density at radius 2 is 1.86 bits per heavy atom.